The Balaban J connectivity index is 2.96. The first-order valence-corrected chi connectivity index (χ1v) is 5.82. The maximum atomic E-state index is 12.2. The fraction of sp³-hybridized carbons (Fsp3) is 0.385. The highest BCUT2D eigenvalue weighted by atomic mass is 16.4. The number of oxime groups is 1. The number of nitrogens with zero attached hydrogens (tertiary/aromatic N) is 2. The van der Waals surface area contributed by atoms with E-state index < -0.39 is 5.92 Å². The number of nitrogens with two attached hydrogens (primary N) is 1. The molecule has 0 heterocycles. The Bertz CT molecular complexity index is 457. The maximum absolute atomic E-state index is 12.2. The number of carbonyl (C=O) groups excluding carboxylic acids is 1. The average molecular weight is 249 g/mol. The number of amides is 1. The van der Waals surface area contributed by atoms with Crippen LogP contribution in [0.1, 0.15) is 18.9 Å². The number of hydrogen-bond donors (Lipinski definition) is 2. The summed E-state index contributed by atoms with van der Waals surface area (Å²) in [5.74, 6) is -0.832. The van der Waals surface area contributed by atoms with Gasteiger partial charge in [-0.25, -0.2) is 0 Å². The lowest BCUT2D eigenvalue weighted by Crippen LogP contribution is -2.39. The van der Waals surface area contributed by atoms with Gasteiger partial charge in [-0.1, -0.05) is 24.2 Å². The first-order chi connectivity index (χ1) is 8.51. The van der Waals surface area contributed by atoms with Crippen molar-refractivity contribution < 1.29 is 10.0 Å². The molecule has 0 radical (unpaired) electrons. The Morgan fingerprint density at radius 1 is 1.56 bits per heavy atom. The van der Waals surface area contributed by atoms with Gasteiger partial charge in [-0.15, -0.1) is 0 Å². The van der Waals surface area contributed by atoms with Crippen molar-refractivity contribution >= 4 is 17.4 Å². The van der Waals surface area contributed by atoms with Crippen molar-refractivity contribution in [1.29, 1.82) is 0 Å². The van der Waals surface area contributed by atoms with E-state index in [4.69, 9.17) is 10.9 Å². The third-order valence-electron chi connectivity index (χ3n) is 2.90. The lowest BCUT2D eigenvalue weighted by Gasteiger charge is -2.22. The Hall–Kier alpha value is -2.04. The standard InChI is InChI=1S/C13H19N3O2/c1-4-11(12(14)15-18)13(17)16(3)10-7-5-6-9(2)8-10/h5-8,11,18H,4H2,1-3H3,(H2,14,15). The lowest BCUT2D eigenvalue weighted by atomic mass is 10.0. The molecule has 1 aromatic rings. The summed E-state index contributed by atoms with van der Waals surface area (Å²) in [7, 11) is 1.68. The molecular formula is C13H19N3O2. The monoisotopic (exact) mass is 249 g/mol. The molecule has 1 aromatic carbocycles. The summed E-state index contributed by atoms with van der Waals surface area (Å²) >= 11 is 0. The van der Waals surface area contributed by atoms with Gasteiger partial charge in [0.15, 0.2) is 5.84 Å². The topological polar surface area (TPSA) is 78.9 Å². The van der Waals surface area contributed by atoms with E-state index in [1.54, 1.807) is 7.05 Å². The van der Waals surface area contributed by atoms with Gasteiger partial charge in [0.25, 0.3) is 0 Å². The van der Waals surface area contributed by atoms with Crippen molar-refractivity contribution in [3.8, 4) is 0 Å². The van der Waals surface area contributed by atoms with Crippen molar-refractivity contribution in [1.82, 2.24) is 0 Å². The van der Waals surface area contributed by atoms with Gasteiger partial charge in [-0.05, 0) is 31.0 Å². The van der Waals surface area contributed by atoms with E-state index in [0.29, 0.717) is 6.42 Å². The molecule has 5 heteroatoms. The minimum atomic E-state index is -0.597. The number of benzene rings is 1. The maximum Gasteiger partial charge on any atom is 0.237 e. The van der Waals surface area contributed by atoms with Crippen LogP contribution in [0.5, 0.6) is 0 Å². The minimum Gasteiger partial charge on any atom is -0.409 e. The summed E-state index contributed by atoms with van der Waals surface area (Å²) < 4.78 is 0. The zero-order valence-corrected chi connectivity index (χ0v) is 10.9. The van der Waals surface area contributed by atoms with Gasteiger partial charge in [-0.3, -0.25) is 4.79 Å². The fourth-order valence-electron chi connectivity index (χ4n) is 1.78. The molecule has 0 aliphatic rings. The first kappa shape index (κ1) is 14.0. The number of aryl methyl sites for hydroxylation is 1. The number of anilines is 1. The SMILES string of the molecule is CCC(C(=O)N(C)c1cccc(C)c1)C(N)=NO. The zero-order chi connectivity index (χ0) is 13.7. The molecule has 0 aromatic heterocycles. The lowest BCUT2D eigenvalue weighted by molar-refractivity contribution is -0.120. The molecule has 1 atom stereocenters. The predicted molar refractivity (Wildman–Crippen MR) is 71.8 cm³/mol. The number of amidine groups is 1. The van der Waals surface area contributed by atoms with Crippen LogP contribution in [0.2, 0.25) is 0 Å². The Morgan fingerprint density at radius 3 is 2.72 bits per heavy atom. The van der Waals surface area contributed by atoms with E-state index in [9.17, 15) is 4.79 Å². The van der Waals surface area contributed by atoms with Crippen LogP contribution in [0.25, 0.3) is 0 Å². The highest BCUT2D eigenvalue weighted by Gasteiger charge is 2.25. The second-order valence-corrected chi connectivity index (χ2v) is 4.22. The van der Waals surface area contributed by atoms with Crippen LogP contribution in [0, 0.1) is 12.8 Å². The van der Waals surface area contributed by atoms with E-state index >= 15 is 0 Å². The van der Waals surface area contributed by atoms with E-state index in [0.717, 1.165) is 11.3 Å². The molecule has 0 saturated carbocycles. The average Bonchev–Trinajstić information content (AvgIpc) is 2.38. The van der Waals surface area contributed by atoms with E-state index in [-0.39, 0.29) is 11.7 Å². The Labute approximate surface area is 107 Å². The second kappa shape index (κ2) is 6.05. The van der Waals surface area contributed by atoms with Crippen molar-refractivity contribution in [3.05, 3.63) is 29.8 Å². The summed E-state index contributed by atoms with van der Waals surface area (Å²) in [6, 6.07) is 7.61. The van der Waals surface area contributed by atoms with Gasteiger partial charge in [0.2, 0.25) is 5.91 Å². The third-order valence-corrected chi connectivity index (χ3v) is 2.90. The van der Waals surface area contributed by atoms with E-state index in [1.165, 1.54) is 4.90 Å². The highest BCUT2D eigenvalue weighted by molar-refractivity contribution is 6.08. The van der Waals surface area contributed by atoms with Gasteiger partial charge in [0.05, 0.1) is 5.92 Å². The van der Waals surface area contributed by atoms with Crippen LogP contribution >= 0.6 is 0 Å². The summed E-state index contributed by atoms with van der Waals surface area (Å²) in [6.45, 7) is 3.79. The molecule has 0 fully saturated rings. The zero-order valence-electron chi connectivity index (χ0n) is 10.9. The van der Waals surface area contributed by atoms with Crippen molar-refractivity contribution in [2.24, 2.45) is 16.8 Å². The molecule has 3 N–H and O–H groups in total. The summed E-state index contributed by atoms with van der Waals surface area (Å²) in [5, 5.41) is 11.6. The highest BCUT2D eigenvalue weighted by Crippen LogP contribution is 2.18. The van der Waals surface area contributed by atoms with Gasteiger partial charge < -0.3 is 15.8 Å². The first-order valence-electron chi connectivity index (χ1n) is 5.82. The van der Waals surface area contributed by atoms with Crippen LogP contribution < -0.4 is 10.6 Å². The van der Waals surface area contributed by atoms with E-state index in [1.807, 2.05) is 38.1 Å². The molecule has 18 heavy (non-hydrogen) atoms. The number of carbonyl (C=O) groups is 1. The minimum absolute atomic E-state index is 0.0537. The van der Waals surface area contributed by atoms with Gasteiger partial charge >= 0.3 is 0 Å². The number of hydrogen-bond acceptors (Lipinski definition) is 3. The van der Waals surface area contributed by atoms with Crippen LogP contribution in [-0.2, 0) is 4.79 Å². The summed E-state index contributed by atoms with van der Waals surface area (Å²) in [6.07, 6.45) is 0.491. The fourth-order valence-corrected chi connectivity index (χ4v) is 1.78. The van der Waals surface area contributed by atoms with E-state index in [2.05, 4.69) is 5.16 Å². The molecule has 0 bridgehead atoms. The molecular weight excluding hydrogens is 230 g/mol. The molecule has 0 aliphatic heterocycles. The van der Waals surface area contributed by atoms with Crippen molar-refractivity contribution in [3.63, 3.8) is 0 Å². The normalized spacial score (nSPS) is 13.2. The van der Waals surface area contributed by atoms with Crippen LogP contribution in [-0.4, -0.2) is 24.0 Å². The quantitative estimate of drug-likeness (QED) is 0.369. The molecule has 5 nitrogen and oxygen atoms in total. The molecule has 0 aliphatic carbocycles. The Morgan fingerprint density at radius 2 is 2.22 bits per heavy atom. The largest absolute Gasteiger partial charge is 0.409 e. The molecule has 1 unspecified atom stereocenters. The smallest absolute Gasteiger partial charge is 0.237 e. The van der Waals surface area contributed by atoms with Crippen LogP contribution in [0.15, 0.2) is 29.4 Å². The van der Waals surface area contributed by atoms with Crippen molar-refractivity contribution in [2.45, 2.75) is 20.3 Å². The molecule has 1 rings (SSSR count). The van der Waals surface area contributed by atoms with Gasteiger partial charge in [-0.2, -0.15) is 0 Å². The summed E-state index contributed by atoms with van der Waals surface area (Å²) in [5.41, 5.74) is 7.40. The second-order valence-electron chi connectivity index (χ2n) is 4.22. The van der Waals surface area contributed by atoms with Crippen LogP contribution in [0.4, 0.5) is 5.69 Å². The molecule has 0 saturated heterocycles. The van der Waals surface area contributed by atoms with Gasteiger partial charge in [0, 0.05) is 12.7 Å². The third kappa shape index (κ3) is 3.00. The molecule has 98 valence electrons. The number of rotatable bonds is 4. The predicted octanol–water partition coefficient (Wildman–Crippen LogP) is 1.73. The molecule has 0 spiro atoms. The Kier molecular flexibility index (Phi) is 4.71. The summed E-state index contributed by atoms with van der Waals surface area (Å²) in [4.78, 5) is 13.8. The van der Waals surface area contributed by atoms with Gasteiger partial charge in [0.1, 0.15) is 0 Å². The van der Waals surface area contributed by atoms with Crippen molar-refractivity contribution in [2.75, 3.05) is 11.9 Å². The molecule has 1 amide bonds. The van der Waals surface area contributed by atoms with Crippen LogP contribution in [0.3, 0.4) is 0 Å².